The number of para-hydroxylation sites is 1. The fourth-order valence-electron chi connectivity index (χ4n) is 2.19. The van der Waals surface area contributed by atoms with Gasteiger partial charge in [-0.25, -0.2) is 4.79 Å². The first kappa shape index (κ1) is 13.9. The molecule has 4 nitrogen and oxygen atoms in total. The number of hydrogen-bond donors (Lipinski definition) is 1. The molecular formula is C14H17ClN2O2. The van der Waals surface area contributed by atoms with Crippen molar-refractivity contribution < 1.29 is 9.90 Å². The number of benzene rings is 1. The summed E-state index contributed by atoms with van der Waals surface area (Å²) in [5.74, 6) is -0.923. The molecule has 0 saturated carbocycles. The van der Waals surface area contributed by atoms with Crippen molar-refractivity contribution in [2.45, 2.75) is 0 Å². The highest BCUT2D eigenvalue weighted by molar-refractivity contribution is 6.33. The van der Waals surface area contributed by atoms with Gasteiger partial charge in [0.15, 0.2) is 0 Å². The molecular weight excluding hydrogens is 264 g/mol. The van der Waals surface area contributed by atoms with Gasteiger partial charge in [0.05, 0.1) is 10.7 Å². The van der Waals surface area contributed by atoms with E-state index < -0.39 is 5.97 Å². The van der Waals surface area contributed by atoms with Gasteiger partial charge in [-0.2, -0.15) is 0 Å². The Kier molecular flexibility index (Phi) is 4.45. The van der Waals surface area contributed by atoms with Gasteiger partial charge in [0.1, 0.15) is 0 Å². The smallest absolute Gasteiger partial charge is 0.332 e. The zero-order valence-electron chi connectivity index (χ0n) is 10.7. The van der Waals surface area contributed by atoms with Crippen LogP contribution in [0.4, 0.5) is 5.69 Å². The highest BCUT2D eigenvalue weighted by Gasteiger charge is 2.20. The van der Waals surface area contributed by atoms with Gasteiger partial charge in [0, 0.05) is 38.3 Å². The van der Waals surface area contributed by atoms with Crippen LogP contribution in [-0.4, -0.2) is 48.7 Å². The summed E-state index contributed by atoms with van der Waals surface area (Å²) in [7, 11) is 0. The number of halogens is 1. The van der Waals surface area contributed by atoms with Gasteiger partial charge in [0.2, 0.25) is 0 Å². The Balaban J connectivity index is 1.91. The van der Waals surface area contributed by atoms with E-state index in [1.165, 1.54) is 0 Å². The van der Waals surface area contributed by atoms with Crippen molar-refractivity contribution in [3.05, 3.63) is 41.4 Å². The minimum atomic E-state index is -0.923. The molecule has 0 unspecified atom stereocenters. The van der Waals surface area contributed by atoms with Crippen molar-refractivity contribution in [2.24, 2.45) is 0 Å². The largest absolute Gasteiger partial charge is 0.478 e. The molecule has 1 aliphatic rings. The second kappa shape index (κ2) is 6.08. The van der Waals surface area contributed by atoms with Crippen molar-refractivity contribution in [1.29, 1.82) is 0 Å². The van der Waals surface area contributed by atoms with Crippen molar-refractivity contribution in [1.82, 2.24) is 4.90 Å². The van der Waals surface area contributed by atoms with Crippen molar-refractivity contribution in [3.8, 4) is 0 Å². The highest BCUT2D eigenvalue weighted by atomic mass is 35.5. The van der Waals surface area contributed by atoms with E-state index in [9.17, 15) is 4.79 Å². The lowest BCUT2D eigenvalue weighted by Crippen LogP contribution is -2.47. The van der Waals surface area contributed by atoms with E-state index in [4.69, 9.17) is 16.7 Å². The fraction of sp³-hybridized carbons (Fsp3) is 0.357. The Morgan fingerprint density at radius 1 is 1.26 bits per heavy atom. The summed E-state index contributed by atoms with van der Waals surface area (Å²) in [5.41, 5.74) is 1.28. The highest BCUT2D eigenvalue weighted by Crippen LogP contribution is 2.26. The van der Waals surface area contributed by atoms with E-state index in [2.05, 4.69) is 16.4 Å². The van der Waals surface area contributed by atoms with Crippen LogP contribution < -0.4 is 4.90 Å². The minimum absolute atomic E-state index is 0.242. The van der Waals surface area contributed by atoms with Crippen LogP contribution in [0.2, 0.25) is 5.02 Å². The quantitative estimate of drug-likeness (QED) is 0.858. The number of nitrogens with zero attached hydrogens (tertiary/aromatic N) is 2. The molecule has 102 valence electrons. The lowest BCUT2D eigenvalue weighted by Gasteiger charge is -2.36. The molecule has 0 radical (unpaired) electrons. The van der Waals surface area contributed by atoms with Crippen LogP contribution in [0, 0.1) is 0 Å². The molecule has 1 aromatic carbocycles. The van der Waals surface area contributed by atoms with Gasteiger partial charge < -0.3 is 10.0 Å². The molecule has 19 heavy (non-hydrogen) atoms. The summed E-state index contributed by atoms with van der Waals surface area (Å²) in [5, 5.41) is 9.58. The van der Waals surface area contributed by atoms with E-state index in [0.717, 1.165) is 36.9 Å². The Morgan fingerprint density at radius 2 is 1.89 bits per heavy atom. The average molecular weight is 281 g/mol. The number of carboxylic acid groups (broad SMARTS) is 1. The third kappa shape index (κ3) is 3.49. The lowest BCUT2D eigenvalue weighted by atomic mass is 10.2. The van der Waals surface area contributed by atoms with Crippen LogP contribution in [0.15, 0.2) is 36.4 Å². The number of rotatable bonds is 4. The zero-order chi connectivity index (χ0) is 13.8. The molecule has 1 fully saturated rings. The minimum Gasteiger partial charge on any atom is -0.478 e. The van der Waals surface area contributed by atoms with Gasteiger partial charge in [-0.15, -0.1) is 0 Å². The first-order valence-corrected chi connectivity index (χ1v) is 6.58. The molecule has 1 heterocycles. The standard InChI is InChI=1S/C14H17ClN2O2/c1-11(14(18)19)10-16-6-8-17(9-7-16)13-5-3-2-4-12(13)15/h2-5H,1,6-10H2,(H,18,19). The number of piperazine rings is 1. The second-order valence-corrected chi connectivity index (χ2v) is 5.03. The molecule has 1 saturated heterocycles. The summed E-state index contributed by atoms with van der Waals surface area (Å²) in [6.07, 6.45) is 0. The molecule has 5 heteroatoms. The average Bonchev–Trinajstić information content (AvgIpc) is 2.40. The molecule has 0 atom stereocenters. The number of carbonyl (C=O) groups is 1. The summed E-state index contributed by atoms with van der Waals surface area (Å²) < 4.78 is 0. The molecule has 0 spiro atoms. The molecule has 0 bridgehead atoms. The van der Waals surface area contributed by atoms with Gasteiger partial charge in [0.25, 0.3) is 0 Å². The van der Waals surface area contributed by atoms with Crippen LogP contribution >= 0.6 is 11.6 Å². The maximum Gasteiger partial charge on any atom is 0.332 e. The molecule has 0 aromatic heterocycles. The monoisotopic (exact) mass is 280 g/mol. The molecule has 0 aliphatic carbocycles. The predicted octanol–water partition coefficient (Wildman–Crippen LogP) is 2.10. The predicted molar refractivity (Wildman–Crippen MR) is 76.9 cm³/mol. The Labute approximate surface area is 117 Å². The Morgan fingerprint density at radius 3 is 2.47 bits per heavy atom. The maximum absolute atomic E-state index is 10.7. The fourth-order valence-corrected chi connectivity index (χ4v) is 2.45. The van der Waals surface area contributed by atoms with Gasteiger partial charge in [-0.05, 0) is 12.1 Å². The molecule has 1 aromatic rings. The van der Waals surface area contributed by atoms with Crippen molar-refractivity contribution >= 4 is 23.3 Å². The van der Waals surface area contributed by atoms with Crippen molar-refractivity contribution in [3.63, 3.8) is 0 Å². The van der Waals surface area contributed by atoms with E-state index in [1.807, 2.05) is 24.3 Å². The van der Waals surface area contributed by atoms with Gasteiger partial charge in [-0.1, -0.05) is 30.3 Å². The first-order chi connectivity index (χ1) is 9.08. The number of hydrogen-bond acceptors (Lipinski definition) is 3. The van der Waals surface area contributed by atoms with Crippen LogP contribution in [0.1, 0.15) is 0 Å². The number of carboxylic acids is 1. The van der Waals surface area contributed by atoms with Crippen LogP contribution in [-0.2, 0) is 4.79 Å². The molecule has 2 rings (SSSR count). The summed E-state index contributed by atoms with van der Waals surface area (Å²) in [4.78, 5) is 15.1. The summed E-state index contributed by atoms with van der Waals surface area (Å²) >= 11 is 6.17. The number of aliphatic carboxylic acids is 1. The SMILES string of the molecule is C=C(CN1CCN(c2ccccc2Cl)CC1)C(=O)O. The summed E-state index contributed by atoms with van der Waals surface area (Å²) in [6, 6.07) is 7.78. The van der Waals surface area contributed by atoms with E-state index in [1.54, 1.807) is 0 Å². The zero-order valence-corrected chi connectivity index (χ0v) is 11.4. The van der Waals surface area contributed by atoms with E-state index in [0.29, 0.717) is 6.54 Å². The van der Waals surface area contributed by atoms with Crippen molar-refractivity contribution in [2.75, 3.05) is 37.6 Å². The number of anilines is 1. The first-order valence-electron chi connectivity index (χ1n) is 6.21. The third-order valence-corrected chi connectivity index (χ3v) is 3.60. The maximum atomic E-state index is 10.7. The third-order valence-electron chi connectivity index (χ3n) is 3.28. The van der Waals surface area contributed by atoms with Crippen LogP contribution in [0.3, 0.4) is 0 Å². The van der Waals surface area contributed by atoms with E-state index in [-0.39, 0.29) is 5.57 Å². The van der Waals surface area contributed by atoms with Crippen LogP contribution in [0.5, 0.6) is 0 Å². The van der Waals surface area contributed by atoms with Gasteiger partial charge in [-0.3, -0.25) is 4.90 Å². The second-order valence-electron chi connectivity index (χ2n) is 4.62. The lowest BCUT2D eigenvalue weighted by molar-refractivity contribution is -0.132. The molecule has 1 N–H and O–H groups in total. The van der Waals surface area contributed by atoms with Crippen LogP contribution in [0.25, 0.3) is 0 Å². The topological polar surface area (TPSA) is 43.8 Å². The molecule has 1 aliphatic heterocycles. The molecule has 0 amide bonds. The van der Waals surface area contributed by atoms with Gasteiger partial charge >= 0.3 is 5.97 Å². The normalized spacial score (nSPS) is 16.4. The summed E-state index contributed by atoms with van der Waals surface area (Å²) in [6.45, 7) is 7.31. The Hall–Kier alpha value is -1.52. The van der Waals surface area contributed by atoms with E-state index >= 15 is 0 Å². The Bertz CT molecular complexity index is 482.